The number of H-pyrrole nitrogens is 1. The molecule has 0 aliphatic heterocycles. The number of nitrogens with one attached hydrogen (secondary N) is 1. The van der Waals surface area contributed by atoms with Crippen molar-refractivity contribution in [3.63, 3.8) is 0 Å². The van der Waals surface area contributed by atoms with Gasteiger partial charge in [0.1, 0.15) is 23.8 Å². The lowest BCUT2D eigenvalue weighted by molar-refractivity contribution is 0.161. The third kappa shape index (κ3) is 5.45. The molecule has 38 heavy (non-hydrogen) atoms. The van der Waals surface area contributed by atoms with Gasteiger partial charge in [-0.1, -0.05) is 19.1 Å². The number of methoxy groups -OCH3 is 2. The minimum absolute atomic E-state index is 0.143. The van der Waals surface area contributed by atoms with Crippen LogP contribution in [0.5, 0.6) is 11.5 Å². The lowest BCUT2D eigenvalue weighted by atomic mass is 10.1. The summed E-state index contributed by atoms with van der Waals surface area (Å²) in [6.45, 7) is 3.49. The minimum atomic E-state index is -0.159. The molecule has 0 saturated carbocycles. The first kappa shape index (κ1) is 25.2. The number of fused-ring (bicyclic) bond motifs is 1. The number of pyridine rings is 1. The molecule has 3 aromatic heterocycles. The standard InChI is InChI=1S/C28H30N6O4/c1-4-26(27-30-31-32-34(27)18-24-6-5-13-38-24)33(16-19-7-10-22(36-2)11-8-19)17-21-14-20-9-12-23(37-3)15-25(20)29-28(21)35/h5-15,26H,4,16-18H2,1-3H3,(H,29,35)/t26-/m1/s1. The number of ether oxygens (including phenoxy) is 2. The Labute approximate surface area is 219 Å². The molecule has 0 amide bonds. The average molecular weight is 515 g/mol. The maximum absolute atomic E-state index is 13.2. The Bertz CT molecular complexity index is 1540. The van der Waals surface area contributed by atoms with Gasteiger partial charge in [-0.3, -0.25) is 9.69 Å². The number of hydrogen-bond donors (Lipinski definition) is 1. The fourth-order valence-electron chi connectivity index (χ4n) is 4.65. The second-order valence-electron chi connectivity index (χ2n) is 9.03. The van der Waals surface area contributed by atoms with Gasteiger partial charge in [-0.25, -0.2) is 4.68 Å². The van der Waals surface area contributed by atoms with E-state index in [1.54, 1.807) is 25.2 Å². The largest absolute Gasteiger partial charge is 0.497 e. The first-order valence-electron chi connectivity index (χ1n) is 12.4. The van der Waals surface area contributed by atoms with Gasteiger partial charge in [-0.05, 0) is 70.3 Å². The van der Waals surface area contributed by atoms with Crippen LogP contribution >= 0.6 is 0 Å². The van der Waals surface area contributed by atoms with Crippen LogP contribution in [-0.2, 0) is 19.6 Å². The average Bonchev–Trinajstić information content (AvgIpc) is 3.62. The van der Waals surface area contributed by atoms with Crippen LogP contribution in [0.4, 0.5) is 0 Å². The summed E-state index contributed by atoms with van der Waals surface area (Å²) in [4.78, 5) is 18.4. The zero-order chi connectivity index (χ0) is 26.5. The molecule has 0 unspecified atom stereocenters. The highest BCUT2D eigenvalue weighted by molar-refractivity contribution is 5.80. The lowest BCUT2D eigenvalue weighted by Gasteiger charge is -2.30. The highest BCUT2D eigenvalue weighted by Crippen LogP contribution is 2.28. The van der Waals surface area contributed by atoms with Crippen LogP contribution in [0, 0.1) is 0 Å². The first-order chi connectivity index (χ1) is 18.6. The molecule has 196 valence electrons. The molecule has 5 aromatic rings. The van der Waals surface area contributed by atoms with Crippen LogP contribution in [0.2, 0.25) is 0 Å². The van der Waals surface area contributed by atoms with Crippen LogP contribution < -0.4 is 15.0 Å². The Hall–Kier alpha value is -4.44. The van der Waals surface area contributed by atoms with Gasteiger partial charge in [-0.15, -0.1) is 5.10 Å². The van der Waals surface area contributed by atoms with Crippen LogP contribution in [0.15, 0.2) is 76.1 Å². The summed E-state index contributed by atoms with van der Waals surface area (Å²) in [5, 5.41) is 13.5. The topological polar surface area (TPSA) is 111 Å². The van der Waals surface area contributed by atoms with Gasteiger partial charge in [0.2, 0.25) is 0 Å². The summed E-state index contributed by atoms with van der Waals surface area (Å²) < 4.78 is 17.9. The van der Waals surface area contributed by atoms with Crippen LogP contribution in [0.25, 0.3) is 10.9 Å². The van der Waals surface area contributed by atoms with Gasteiger partial charge >= 0.3 is 0 Å². The van der Waals surface area contributed by atoms with Gasteiger partial charge in [0.15, 0.2) is 5.82 Å². The van der Waals surface area contributed by atoms with E-state index in [1.165, 1.54) is 0 Å². The molecule has 1 atom stereocenters. The molecule has 0 aliphatic rings. The third-order valence-electron chi connectivity index (χ3n) is 6.62. The van der Waals surface area contributed by atoms with Crippen molar-refractivity contribution in [2.45, 2.75) is 39.0 Å². The number of furan rings is 1. The second kappa shape index (κ2) is 11.3. The summed E-state index contributed by atoms with van der Waals surface area (Å²) in [6.07, 6.45) is 2.37. The summed E-state index contributed by atoms with van der Waals surface area (Å²) in [6, 6.07) is 19.1. The third-order valence-corrected chi connectivity index (χ3v) is 6.62. The number of benzene rings is 2. The summed E-state index contributed by atoms with van der Waals surface area (Å²) in [5.74, 6) is 2.95. The SMILES string of the molecule is CC[C@H](c1nnnn1Cc1ccco1)N(Cc1ccc(OC)cc1)Cc1cc2ccc(OC)cc2[nH]c1=O. The quantitative estimate of drug-likeness (QED) is 0.277. The molecule has 10 heteroatoms. The monoisotopic (exact) mass is 514 g/mol. The fourth-order valence-corrected chi connectivity index (χ4v) is 4.65. The number of aromatic nitrogens is 5. The Morgan fingerprint density at radius 2 is 1.82 bits per heavy atom. The molecular formula is C28H30N6O4. The number of nitrogens with zero attached hydrogens (tertiary/aromatic N) is 5. The molecule has 0 radical (unpaired) electrons. The minimum Gasteiger partial charge on any atom is -0.497 e. The predicted molar refractivity (Wildman–Crippen MR) is 142 cm³/mol. The maximum Gasteiger partial charge on any atom is 0.252 e. The molecular weight excluding hydrogens is 484 g/mol. The zero-order valence-corrected chi connectivity index (χ0v) is 21.6. The molecule has 0 bridgehead atoms. The van der Waals surface area contributed by atoms with Crippen molar-refractivity contribution in [3.05, 3.63) is 100.0 Å². The zero-order valence-electron chi connectivity index (χ0n) is 21.6. The van der Waals surface area contributed by atoms with E-state index in [4.69, 9.17) is 13.9 Å². The molecule has 5 rings (SSSR count). The number of tetrazole rings is 1. The maximum atomic E-state index is 13.2. The molecule has 0 fully saturated rings. The van der Waals surface area contributed by atoms with Crippen molar-refractivity contribution in [2.75, 3.05) is 14.2 Å². The normalized spacial score (nSPS) is 12.2. The van der Waals surface area contributed by atoms with Crippen molar-refractivity contribution < 1.29 is 13.9 Å². The van der Waals surface area contributed by atoms with Crippen molar-refractivity contribution in [1.82, 2.24) is 30.1 Å². The Morgan fingerprint density at radius 1 is 1.03 bits per heavy atom. The van der Waals surface area contributed by atoms with Gasteiger partial charge in [-0.2, -0.15) is 0 Å². The van der Waals surface area contributed by atoms with Crippen molar-refractivity contribution in [1.29, 1.82) is 0 Å². The second-order valence-corrected chi connectivity index (χ2v) is 9.03. The highest BCUT2D eigenvalue weighted by atomic mass is 16.5. The van der Waals surface area contributed by atoms with Gasteiger partial charge < -0.3 is 18.9 Å². The predicted octanol–water partition coefficient (Wildman–Crippen LogP) is 4.33. The van der Waals surface area contributed by atoms with E-state index >= 15 is 0 Å². The summed E-state index contributed by atoms with van der Waals surface area (Å²) in [7, 11) is 3.25. The molecule has 2 aromatic carbocycles. The van der Waals surface area contributed by atoms with E-state index in [9.17, 15) is 4.79 Å². The summed E-state index contributed by atoms with van der Waals surface area (Å²) in [5.41, 5.74) is 2.32. The van der Waals surface area contributed by atoms with E-state index in [1.807, 2.05) is 60.7 Å². The fraction of sp³-hybridized carbons (Fsp3) is 0.286. The van der Waals surface area contributed by atoms with Crippen LogP contribution in [0.1, 0.15) is 42.1 Å². The number of hydrogen-bond acceptors (Lipinski definition) is 8. The van der Waals surface area contributed by atoms with Crippen LogP contribution in [-0.4, -0.2) is 44.3 Å². The molecule has 0 spiro atoms. The van der Waals surface area contributed by atoms with Crippen molar-refractivity contribution >= 4 is 10.9 Å². The smallest absolute Gasteiger partial charge is 0.252 e. The Morgan fingerprint density at radius 3 is 2.53 bits per heavy atom. The van der Waals surface area contributed by atoms with Gasteiger partial charge in [0.25, 0.3) is 5.56 Å². The molecule has 1 N–H and O–H groups in total. The van der Waals surface area contributed by atoms with Crippen molar-refractivity contribution in [2.24, 2.45) is 0 Å². The first-order valence-corrected chi connectivity index (χ1v) is 12.4. The van der Waals surface area contributed by atoms with E-state index in [-0.39, 0.29) is 11.6 Å². The van der Waals surface area contributed by atoms with E-state index in [0.717, 1.165) is 34.4 Å². The molecule has 3 heterocycles. The number of rotatable bonds is 11. The molecule has 10 nitrogen and oxygen atoms in total. The van der Waals surface area contributed by atoms with Gasteiger partial charge in [0, 0.05) is 24.7 Å². The Balaban J connectivity index is 1.51. The number of aromatic amines is 1. The molecule has 0 saturated heterocycles. The van der Waals surface area contributed by atoms with E-state index < -0.39 is 0 Å². The van der Waals surface area contributed by atoms with E-state index in [0.29, 0.717) is 36.8 Å². The lowest BCUT2D eigenvalue weighted by Crippen LogP contribution is -2.32. The van der Waals surface area contributed by atoms with E-state index in [2.05, 4.69) is 32.3 Å². The summed E-state index contributed by atoms with van der Waals surface area (Å²) >= 11 is 0. The van der Waals surface area contributed by atoms with Crippen molar-refractivity contribution in [3.8, 4) is 11.5 Å². The van der Waals surface area contributed by atoms with Gasteiger partial charge in [0.05, 0.1) is 32.0 Å². The Kier molecular flexibility index (Phi) is 7.50. The molecule has 0 aliphatic carbocycles. The highest BCUT2D eigenvalue weighted by Gasteiger charge is 2.26. The van der Waals surface area contributed by atoms with Crippen LogP contribution in [0.3, 0.4) is 0 Å².